The third-order valence-electron chi connectivity index (χ3n) is 5.94. The first-order valence-electron chi connectivity index (χ1n) is 13.2. The van der Waals surface area contributed by atoms with E-state index in [9.17, 15) is 19.1 Å². The second kappa shape index (κ2) is 16.7. The van der Waals surface area contributed by atoms with Crippen molar-refractivity contribution in [2.24, 2.45) is 0 Å². The van der Waals surface area contributed by atoms with Crippen LogP contribution in [-0.2, 0) is 22.5 Å². The van der Waals surface area contributed by atoms with Crippen LogP contribution in [0.5, 0.6) is 11.5 Å². The summed E-state index contributed by atoms with van der Waals surface area (Å²) < 4.78 is 30.1. The predicted molar refractivity (Wildman–Crippen MR) is 155 cm³/mol. The molecule has 3 rings (SSSR count). The number of nitrogens with zero attached hydrogens (tertiary/aromatic N) is 1. The molecule has 1 atom stereocenters. The molecule has 2 amide bonds. The van der Waals surface area contributed by atoms with Gasteiger partial charge in [-0.25, -0.2) is 14.0 Å². The first-order valence-corrected chi connectivity index (χ1v) is 13.9. The van der Waals surface area contributed by atoms with Gasteiger partial charge in [0.15, 0.2) is 6.10 Å². The van der Waals surface area contributed by atoms with Crippen molar-refractivity contribution in [3.8, 4) is 11.5 Å². The van der Waals surface area contributed by atoms with Crippen LogP contribution in [-0.4, -0.2) is 61.0 Å². The van der Waals surface area contributed by atoms with Gasteiger partial charge >= 0.3 is 12.0 Å². The number of nitrogens with one attached hydrogen (secondary N) is 1. The highest BCUT2D eigenvalue weighted by Gasteiger charge is 2.18. The maximum atomic E-state index is 13.2. The van der Waals surface area contributed by atoms with Gasteiger partial charge in [0.1, 0.15) is 23.9 Å². The molecule has 3 aromatic rings. The van der Waals surface area contributed by atoms with E-state index in [0.717, 1.165) is 11.1 Å². The Morgan fingerprint density at radius 3 is 2.17 bits per heavy atom. The normalized spacial score (nSPS) is 11.5. The minimum Gasteiger partial charge on any atom is -0.493 e. The minimum absolute atomic E-state index is 0.227. The Hall–Kier alpha value is -3.53. The molecule has 1 unspecified atom stereocenters. The Bertz CT molecular complexity index is 1240. The smallest absolute Gasteiger partial charge is 0.333 e. The third kappa shape index (κ3) is 11.5. The molecule has 0 radical (unpaired) electrons. The zero-order chi connectivity index (χ0) is 29.6. The molecule has 0 fully saturated rings. The molecule has 0 heterocycles. The average molecular weight is 608 g/mol. The van der Waals surface area contributed by atoms with Gasteiger partial charge in [0.2, 0.25) is 0 Å². The van der Waals surface area contributed by atoms with Crippen molar-refractivity contribution >= 4 is 35.2 Å². The predicted octanol–water partition coefficient (Wildman–Crippen LogP) is 6.22. The number of benzene rings is 3. The summed E-state index contributed by atoms with van der Waals surface area (Å²) in [6.07, 6.45) is -0.129. The summed E-state index contributed by atoms with van der Waals surface area (Å²) >= 11 is 12.0. The molecule has 2 N–H and O–H groups in total. The van der Waals surface area contributed by atoms with Crippen molar-refractivity contribution < 1.29 is 33.3 Å². The van der Waals surface area contributed by atoms with Crippen LogP contribution in [0.1, 0.15) is 24.5 Å². The van der Waals surface area contributed by atoms with Crippen molar-refractivity contribution in [2.75, 3.05) is 32.9 Å². The molecular formula is C30H33Cl2FN2O6. The number of amides is 2. The number of halogens is 3. The first kappa shape index (κ1) is 32.0. The van der Waals surface area contributed by atoms with Gasteiger partial charge in [-0.3, -0.25) is 0 Å². The number of hydrogen-bond acceptors (Lipinski definition) is 5. The average Bonchev–Trinajstić information content (AvgIpc) is 2.94. The van der Waals surface area contributed by atoms with Gasteiger partial charge in [-0.15, -0.1) is 0 Å². The quantitative estimate of drug-likeness (QED) is 0.188. The van der Waals surface area contributed by atoms with Gasteiger partial charge in [0, 0.05) is 36.2 Å². The maximum Gasteiger partial charge on any atom is 0.333 e. The molecular weight excluding hydrogens is 574 g/mol. The number of ether oxygens (including phenoxy) is 3. The fraction of sp³-hybridized carbons (Fsp3) is 0.333. The number of carboxylic acid groups (broad SMARTS) is 1. The zero-order valence-corrected chi connectivity index (χ0v) is 24.2. The molecule has 0 aliphatic rings. The van der Waals surface area contributed by atoms with E-state index in [-0.39, 0.29) is 31.4 Å². The van der Waals surface area contributed by atoms with Crippen molar-refractivity contribution in [1.29, 1.82) is 0 Å². The minimum atomic E-state index is -1.01. The highest BCUT2D eigenvalue weighted by molar-refractivity contribution is 6.34. The summed E-state index contributed by atoms with van der Waals surface area (Å²) in [6, 6.07) is 17.6. The number of carbonyl (C=O) groups is 2. The van der Waals surface area contributed by atoms with Crippen molar-refractivity contribution in [1.82, 2.24) is 10.2 Å². The van der Waals surface area contributed by atoms with Gasteiger partial charge in [0.05, 0.1) is 13.2 Å². The van der Waals surface area contributed by atoms with E-state index in [0.29, 0.717) is 54.3 Å². The van der Waals surface area contributed by atoms with E-state index in [2.05, 4.69) is 5.32 Å². The molecule has 11 heteroatoms. The largest absolute Gasteiger partial charge is 0.493 e. The SMILES string of the molecule is CCOC(Cc1ccc(OCCN(CCCOc2cc(Cl)cc(Cl)c2)C(=O)NCc2ccc(F)cc2)cc1)C(=O)O. The van der Waals surface area contributed by atoms with Crippen LogP contribution in [0, 0.1) is 5.82 Å². The number of urea groups is 1. The van der Waals surface area contributed by atoms with Crippen LogP contribution >= 0.6 is 23.2 Å². The standard InChI is InChI=1S/C30H33Cl2FN2O6/c1-2-39-28(29(36)37)16-21-6-10-26(11-7-21)41-15-13-35(30(38)34-20-22-4-8-25(33)9-5-22)12-3-14-40-27-18-23(31)17-24(32)19-27/h4-11,17-19,28H,2-3,12-16,20H2,1H3,(H,34,38)(H,36,37). The zero-order valence-electron chi connectivity index (χ0n) is 22.7. The summed E-state index contributed by atoms with van der Waals surface area (Å²) in [7, 11) is 0. The van der Waals surface area contributed by atoms with Crippen LogP contribution < -0.4 is 14.8 Å². The lowest BCUT2D eigenvalue weighted by molar-refractivity contribution is -0.149. The Balaban J connectivity index is 1.53. The molecule has 0 spiro atoms. The van der Waals surface area contributed by atoms with Gasteiger partial charge in [0.25, 0.3) is 0 Å². The molecule has 41 heavy (non-hydrogen) atoms. The Morgan fingerprint density at radius 1 is 0.902 bits per heavy atom. The monoisotopic (exact) mass is 606 g/mol. The summed E-state index contributed by atoms with van der Waals surface area (Å²) in [6.45, 7) is 3.55. The van der Waals surface area contributed by atoms with Gasteiger partial charge in [-0.2, -0.15) is 0 Å². The summed E-state index contributed by atoms with van der Waals surface area (Å²) in [4.78, 5) is 25.9. The van der Waals surface area contributed by atoms with Crippen LogP contribution in [0.15, 0.2) is 66.7 Å². The lowest BCUT2D eigenvalue weighted by atomic mass is 10.1. The van der Waals surface area contributed by atoms with E-state index in [1.807, 2.05) is 0 Å². The van der Waals surface area contributed by atoms with E-state index in [1.54, 1.807) is 66.4 Å². The maximum absolute atomic E-state index is 13.2. The third-order valence-corrected chi connectivity index (χ3v) is 6.38. The molecule has 0 bridgehead atoms. The molecule has 0 aliphatic heterocycles. The highest BCUT2D eigenvalue weighted by Crippen LogP contribution is 2.24. The van der Waals surface area contributed by atoms with E-state index in [4.69, 9.17) is 37.4 Å². The van der Waals surface area contributed by atoms with Gasteiger partial charge in [-0.05, 0) is 66.9 Å². The highest BCUT2D eigenvalue weighted by atomic mass is 35.5. The summed E-state index contributed by atoms with van der Waals surface area (Å²) in [5.41, 5.74) is 1.58. The van der Waals surface area contributed by atoms with Crippen LogP contribution in [0.3, 0.4) is 0 Å². The summed E-state index contributed by atoms with van der Waals surface area (Å²) in [5, 5.41) is 13.1. The van der Waals surface area contributed by atoms with Crippen molar-refractivity contribution in [3.05, 3.63) is 93.7 Å². The second-order valence-electron chi connectivity index (χ2n) is 9.06. The fourth-order valence-electron chi connectivity index (χ4n) is 3.89. The lowest BCUT2D eigenvalue weighted by Gasteiger charge is -2.23. The Kier molecular flexibility index (Phi) is 13.0. The summed E-state index contributed by atoms with van der Waals surface area (Å²) in [5.74, 6) is -0.224. The molecule has 0 aliphatic carbocycles. The number of hydrogen-bond donors (Lipinski definition) is 2. The van der Waals surface area contributed by atoms with E-state index in [1.165, 1.54) is 12.1 Å². The molecule has 8 nitrogen and oxygen atoms in total. The topological polar surface area (TPSA) is 97.3 Å². The van der Waals surface area contributed by atoms with Crippen LogP contribution in [0.4, 0.5) is 9.18 Å². The molecule has 0 aromatic heterocycles. The van der Waals surface area contributed by atoms with Crippen molar-refractivity contribution in [2.45, 2.75) is 32.4 Å². The number of rotatable bonds is 16. The van der Waals surface area contributed by atoms with Crippen molar-refractivity contribution in [3.63, 3.8) is 0 Å². The number of aliphatic carboxylic acids is 1. The van der Waals surface area contributed by atoms with Crippen LogP contribution in [0.25, 0.3) is 0 Å². The number of carbonyl (C=O) groups excluding carboxylic acids is 1. The molecule has 220 valence electrons. The second-order valence-corrected chi connectivity index (χ2v) is 9.93. The number of carboxylic acids is 1. The van der Waals surface area contributed by atoms with E-state index < -0.39 is 12.1 Å². The Labute approximate surface area is 248 Å². The molecule has 0 saturated carbocycles. The molecule has 0 saturated heterocycles. The lowest BCUT2D eigenvalue weighted by Crippen LogP contribution is -2.42. The van der Waals surface area contributed by atoms with Gasteiger partial charge < -0.3 is 29.5 Å². The van der Waals surface area contributed by atoms with Crippen LogP contribution in [0.2, 0.25) is 10.0 Å². The molecule has 3 aromatic carbocycles. The fourth-order valence-corrected chi connectivity index (χ4v) is 4.40. The first-order chi connectivity index (χ1) is 19.7. The van der Waals surface area contributed by atoms with Gasteiger partial charge in [-0.1, -0.05) is 47.5 Å². The van der Waals surface area contributed by atoms with E-state index >= 15 is 0 Å². The Morgan fingerprint density at radius 2 is 1.54 bits per heavy atom.